The number of nitrogens with zero attached hydrogens (tertiary/aromatic N) is 1. The van der Waals surface area contributed by atoms with Crippen LogP contribution in [0.1, 0.15) is 11.1 Å². The summed E-state index contributed by atoms with van der Waals surface area (Å²) in [6.07, 6.45) is 0.829. The Morgan fingerprint density at radius 2 is 2.25 bits per heavy atom. The SMILES string of the molecule is CN(Cc1ccsc1)C(=O)C1CNc2ccccc2C1. The summed E-state index contributed by atoms with van der Waals surface area (Å²) in [6.45, 7) is 1.42. The van der Waals surface area contributed by atoms with Gasteiger partial charge in [-0.2, -0.15) is 11.3 Å². The summed E-state index contributed by atoms with van der Waals surface area (Å²) >= 11 is 1.67. The average Bonchev–Trinajstić information content (AvgIpc) is 2.99. The Morgan fingerprint density at radius 1 is 1.40 bits per heavy atom. The van der Waals surface area contributed by atoms with Crippen LogP contribution in [0, 0.1) is 5.92 Å². The van der Waals surface area contributed by atoms with Gasteiger partial charge in [0.1, 0.15) is 0 Å². The molecule has 3 nitrogen and oxygen atoms in total. The summed E-state index contributed by atoms with van der Waals surface area (Å²) in [7, 11) is 1.89. The fraction of sp³-hybridized carbons (Fsp3) is 0.312. The number of thiophene rings is 1. The second kappa shape index (κ2) is 5.67. The highest BCUT2D eigenvalue weighted by atomic mass is 32.1. The Kier molecular flexibility index (Phi) is 3.74. The predicted molar refractivity (Wildman–Crippen MR) is 82.9 cm³/mol. The molecule has 1 unspecified atom stereocenters. The number of fused-ring (bicyclic) bond motifs is 1. The molecule has 2 aromatic rings. The third kappa shape index (κ3) is 2.70. The molecule has 0 spiro atoms. The van der Waals surface area contributed by atoms with Gasteiger partial charge in [-0.3, -0.25) is 4.79 Å². The van der Waals surface area contributed by atoms with Crippen LogP contribution in [0.25, 0.3) is 0 Å². The predicted octanol–water partition coefficient (Wildman–Crippen LogP) is 2.99. The zero-order chi connectivity index (χ0) is 13.9. The molecule has 1 atom stereocenters. The van der Waals surface area contributed by atoms with E-state index in [1.54, 1.807) is 11.3 Å². The highest BCUT2D eigenvalue weighted by Crippen LogP contribution is 2.25. The van der Waals surface area contributed by atoms with E-state index in [0.717, 1.165) is 18.7 Å². The Bertz CT molecular complexity index is 594. The van der Waals surface area contributed by atoms with E-state index in [-0.39, 0.29) is 11.8 Å². The second-order valence-electron chi connectivity index (χ2n) is 5.26. The standard InChI is InChI=1S/C16H18N2OS/c1-18(10-12-6-7-20-11-12)16(19)14-8-13-4-2-3-5-15(13)17-9-14/h2-7,11,14,17H,8-10H2,1H3. The molecule has 1 N–H and O–H groups in total. The van der Waals surface area contributed by atoms with Crippen LogP contribution in [-0.4, -0.2) is 24.4 Å². The van der Waals surface area contributed by atoms with Crippen LogP contribution < -0.4 is 5.32 Å². The fourth-order valence-electron chi connectivity index (χ4n) is 2.66. The molecule has 4 heteroatoms. The molecule has 0 aliphatic carbocycles. The third-order valence-electron chi connectivity index (χ3n) is 3.75. The average molecular weight is 286 g/mol. The van der Waals surface area contributed by atoms with Gasteiger partial charge in [0.05, 0.1) is 5.92 Å². The topological polar surface area (TPSA) is 32.3 Å². The maximum absolute atomic E-state index is 12.5. The molecule has 0 saturated heterocycles. The molecule has 0 fully saturated rings. The number of nitrogens with one attached hydrogen (secondary N) is 1. The van der Waals surface area contributed by atoms with Gasteiger partial charge >= 0.3 is 0 Å². The van der Waals surface area contributed by atoms with E-state index in [0.29, 0.717) is 6.54 Å². The minimum atomic E-state index is 0.0357. The van der Waals surface area contributed by atoms with Crippen molar-refractivity contribution in [2.24, 2.45) is 5.92 Å². The highest BCUT2D eigenvalue weighted by molar-refractivity contribution is 7.07. The van der Waals surface area contributed by atoms with Crippen molar-refractivity contribution in [2.75, 3.05) is 18.9 Å². The van der Waals surface area contributed by atoms with Crippen LogP contribution in [0.2, 0.25) is 0 Å². The minimum Gasteiger partial charge on any atom is -0.384 e. The summed E-state index contributed by atoms with van der Waals surface area (Å²) < 4.78 is 0. The van der Waals surface area contributed by atoms with Gasteiger partial charge in [0.25, 0.3) is 0 Å². The fourth-order valence-corrected chi connectivity index (χ4v) is 3.32. The summed E-state index contributed by atoms with van der Waals surface area (Å²) in [4.78, 5) is 14.4. The first-order valence-corrected chi connectivity index (χ1v) is 7.76. The lowest BCUT2D eigenvalue weighted by atomic mass is 9.93. The van der Waals surface area contributed by atoms with Crippen LogP contribution in [0.3, 0.4) is 0 Å². The van der Waals surface area contributed by atoms with Gasteiger partial charge in [-0.1, -0.05) is 18.2 Å². The maximum Gasteiger partial charge on any atom is 0.227 e. The minimum absolute atomic E-state index is 0.0357. The summed E-state index contributed by atoms with van der Waals surface area (Å²) in [6, 6.07) is 10.3. The van der Waals surface area contributed by atoms with Crippen molar-refractivity contribution in [1.82, 2.24) is 4.90 Å². The maximum atomic E-state index is 12.5. The molecular formula is C16H18N2OS. The van der Waals surface area contributed by atoms with Crippen molar-refractivity contribution in [1.29, 1.82) is 0 Å². The van der Waals surface area contributed by atoms with Crippen LogP contribution in [-0.2, 0) is 17.8 Å². The van der Waals surface area contributed by atoms with E-state index in [2.05, 4.69) is 28.9 Å². The first-order chi connectivity index (χ1) is 9.74. The first-order valence-electron chi connectivity index (χ1n) is 6.82. The van der Waals surface area contributed by atoms with E-state index in [1.807, 2.05) is 29.5 Å². The monoisotopic (exact) mass is 286 g/mol. The molecule has 1 aromatic carbocycles. The third-order valence-corrected chi connectivity index (χ3v) is 4.48. The molecule has 1 amide bonds. The van der Waals surface area contributed by atoms with Crippen LogP contribution in [0.5, 0.6) is 0 Å². The Morgan fingerprint density at radius 3 is 3.05 bits per heavy atom. The quantitative estimate of drug-likeness (QED) is 0.940. The number of carbonyl (C=O) groups is 1. The van der Waals surface area contributed by atoms with Crippen LogP contribution in [0.15, 0.2) is 41.1 Å². The molecular weight excluding hydrogens is 268 g/mol. The molecule has 2 heterocycles. The number of carbonyl (C=O) groups excluding carboxylic acids is 1. The van der Waals surface area contributed by atoms with Crippen molar-refractivity contribution in [3.8, 4) is 0 Å². The molecule has 0 bridgehead atoms. The van der Waals surface area contributed by atoms with E-state index < -0.39 is 0 Å². The lowest BCUT2D eigenvalue weighted by molar-refractivity contribution is -0.134. The van der Waals surface area contributed by atoms with Gasteiger partial charge in [-0.15, -0.1) is 0 Å². The van der Waals surface area contributed by atoms with Gasteiger partial charge in [-0.05, 0) is 40.4 Å². The molecule has 20 heavy (non-hydrogen) atoms. The lowest BCUT2D eigenvalue weighted by Crippen LogP contribution is -2.39. The van der Waals surface area contributed by atoms with Gasteiger partial charge in [0.15, 0.2) is 0 Å². The summed E-state index contributed by atoms with van der Waals surface area (Å²) in [5.74, 6) is 0.256. The molecule has 1 aromatic heterocycles. The Hall–Kier alpha value is -1.81. The van der Waals surface area contributed by atoms with E-state index in [4.69, 9.17) is 0 Å². The normalized spacial score (nSPS) is 17.1. The van der Waals surface area contributed by atoms with Gasteiger partial charge in [0, 0.05) is 25.8 Å². The number of amides is 1. The Labute approximate surface area is 123 Å². The summed E-state index contributed by atoms with van der Waals surface area (Å²) in [5, 5.41) is 7.51. The van der Waals surface area contributed by atoms with E-state index in [1.165, 1.54) is 11.1 Å². The number of benzene rings is 1. The molecule has 1 aliphatic heterocycles. The number of hydrogen-bond donors (Lipinski definition) is 1. The second-order valence-corrected chi connectivity index (χ2v) is 6.05. The number of para-hydroxylation sites is 1. The molecule has 0 radical (unpaired) electrons. The van der Waals surface area contributed by atoms with Crippen molar-refractivity contribution in [2.45, 2.75) is 13.0 Å². The van der Waals surface area contributed by atoms with Crippen LogP contribution in [0.4, 0.5) is 5.69 Å². The molecule has 1 aliphatic rings. The Balaban J connectivity index is 1.66. The van der Waals surface area contributed by atoms with E-state index in [9.17, 15) is 4.79 Å². The number of hydrogen-bond acceptors (Lipinski definition) is 3. The number of rotatable bonds is 3. The first kappa shape index (κ1) is 13.2. The van der Waals surface area contributed by atoms with Crippen LogP contribution >= 0.6 is 11.3 Å². The van der Waals surface area contributed by atoms with Gasteiger partial charge in [0.2, 0.25) is 5.91 Å². The van der Waals surface area contributed by atoms with Crippen molar-refractivity contribution < 1.29 is 4.79 Å². The smallest absolute Gasteiger partial charge is 0.227 e. The zero-order valence-electron chi connectivity index (χ0n) is 11.5. The van der Waals surface area contributed by atoms with E-state index >= 15 is 0 Å². The highest BCUT2D eigenvalue weighted by Gasteiger charge is 2.26. The molecule has 3 rings (SSSR count). The summed E-state index contributed by atoms with van der Waals surface area (Å²) in [5.41, 5.74) is 3.60. The van der Waals surface area contributed by atoms with Crippen molar-refractivity contribution >= 4 is 22.9 Å². The number of anilines is 1. The van der Waals surface area contributed by atoms with Crippen molar-refractivity contribution in [3.05, 3.63) is 52.2 Å². The van der Waals surface area contributed by atoms with Gasteiger partial charge < -0.3 is 10.2 Å². The largest absolute Gasteiger partial charge is 0.384 e. The lowest BCUT2D eigenvalue weighted by Gasteiger charge is -2.28. The van der Waals surface area contributed by atoms with Gasteiger partial charge in [-0.25, -0.2) is 0 Å². The zero-order valence-corrected chi connectivity index (χ0v) is 12.3. The van der Waals surface area contributed by atoms with Crippen molar-refractivity contribution in [3.63, 3.8) is 0 Å². The molecule has 0 saturated carbocycles. The molecule has 104 valence electrons.